The Kier molecular flexibility index (Phi) is 7.35. The highest BCUT2D eigenvalue weighted by atomic mass is 35.5. The third-order valence-electron chi connectivity index (χ3n) is 3.44. The summed E-state index contributed by atoms with van der Waals surface area (Å²) < 4.78 is 31.1. The number of ether oxygens (including phenoxy) is 1. The maximum Gasteiger partial charge on any atom is 0.307 e. The van der Waals surface area contributed by atoms with E-state index in [2.05, 4.69) is 10.0 Å². The summed E-state index contributed by atoms with van der Waals surface area (Å²) in [5, 5.41) is 2.91. The standard InChI is InChI=1S/C18H19ClN2O5S/c1-13-7-8-16(15(19)11-13)21-17(22)12-26-18(23)9-10-20-27(24,25)14-5-3-2-4-6-14/h2-8,11,20H,9-10,12H2,1H3,(H,21,22). The zero-order valence-corrected chi connectivity index (χ0v) is 16.1. The van der Waals surface area contributed by atoms with E-state index in [1.165, 1.54) is 12.1 Å². The van der Waals surface area contributed by atoms with Crippen molar-refractivity contribution in [1.29, 1.82) is 0 Å². The van der Waals surface area contributed by atoms with Gasteiger partial charge in [0.2, 0.25) is 10.0 Å². The molecule has 0 unspecified atom stereocenters. The molecule has 0 atom stereocenters. The Morgan fingerprint density at radius 2 is 1.81 bits per heavy atom. The molecule has 1 amide bonds. The summed E-state index contributed by atoms with van der Waals surface area (Å²) in [6.45, 7) is 1.24. The monoisotopic (exact) mass is 410 g/mol. The van der Waals surface area contributed by atoms with Gasteiger partial charge in [-0.25, -0.2) is 13.1 Å². The summed E-state index contributed by atoms with van der Waals surface area (Å²) in [6, 6.07) is 12.9. The molecule has 0 aromatic heterocycles. The molecule has 0 aliphatic carbocycles. The van der Waals surface area contributed by atoms with Gasteiger partial charge in [-0.2, -0.15) is 0 Å². The molecule has 2 N–H and O–H groups in total. The number of esters is 1. The van der Waals surface area contributed by atoms with Crippen molar-refractivity contribution >= 4 is 39.2 Å². The summed E-state index contributed by atoms with van der Waals surface area (Å²) in [4.78, 5) is 23.6. The first-order valence-corrected chi connectivity index (χ1v) is 9.90. The zero-order valence-electron chi connectivity index (χ0n) is 14.6. The van der Waals surface area contributed by atoms with Crippen LogP contribution < -0.4 is 10.0 Å². The van der Waals surface area contributed by atoms with Crippen LogP contribution in [-0.2, 0) is 24.3 Å². The molecule has 0 saturated carbocycles. The van der Waals surface area contributed by atoms with Crippen molar-refractivity contribution in [3.05, 3.63) is 59.1 Å². The minimum absolute atomic E-state index is 0.104. The summed E-state index contributed by atoms with van der Waals surface area (Å²) in [7, 11) is -3.69. The number of nitrogens with one attached hydrogen (secondary N) is 2. The number of carbonyl (C=O) groups excluding carboxylic acids is 2. The number of hydrogen-bond acceptors (Lipinski definition) is 5. The van der Waals surface area contributed by atoms with E-state index < -0.39 is 28.5 Å². The lowest BCUT2D eigenvalue weighted by Gasteiger charge is -2.09. The van der Waals surface area contributed by atoms with Crippen LogP contribution >= 0.6 is 11.6 Å². The Balaban J connectivity index is 1.73. The molecule has 0 heterocycles. The minimum atomic E-state index is -3.69. The van der Waals surface area contributed by atoms with E-state index in [1.54, 1.807) is 36.4 Å². The van der Waals surface area contributed by atoms with Crippen LogP contribution in [0.3, 0.4) is 0 Å². The van der Waals surface area contributed by atoms with Gasteiger partial charge in [0.15, 0.2) is 6.61 Å². The second-order valence-corrected chi connectivity index (χ2v) is 7.83. The molecular formula is C18H19ClN2O5S. The highest BCUT2D eigenvalue weighted by Crippen LogP contribution is 2.22. The summed E-state index contributed by atoms with van der Waals surface area (Å²) in [6.07, 6.45) is -0.204. The average Bonchev–Trinajstić information content (AvgIpc) is 2.63. The smallest absolute Gasteiger partial charge is 0.307 e. The van der Waals surface area contributed by atoms with Gasteiger partial charge < -0.3 is 10.1 Å². The number of rotatable bonds is 8. The van der Waals surface area contributed by atoms with E-state index in [0.29, 0.717) is 10.7 Å². The molecule has 144 valence electrons. The first-order valence-electron chi connectivity index (χ1n) is 8.04. The van der Waals surface area contributed by atoms with Crippen molar-refractivity contribution < 1.29 is 22.7 Å². The van der Waals surface area contributed by atoms with Gasteiger partial charge >= 0.3 is 5.97 Å². The number of sulfonamides is 1. The highest BCUT2D eigenvalue weighted by molar-refractivity contribution is 7.89. The molecule has 27 heavy (non-hydrogen) atoms. The van der Waals surface area contributed by atoms with Crippen molar-refractivity contribution in [3.63, 3.8) is 0 Å². The lowest BCUT2D eigenvalue weighted by atomic mass is 10.2. The van der Waals surface area contributed by atoms with Crippen molar-refractivity contribution in [2.24, 2.45) is 0 Å². The van der Waals surface area contributed by atoms with E-state index in [4.69, 9.17) is 16.3 Å². The second kappa shape index (κ2) is 9.50. The first-order chi connectivity index (χ1) is 12.8. The molecule has 0 spiro atoms. The number of aryl methyl sites for hydroxylation is 1. The van der Waals surface area contributed by atoms with Crippen LogP contribution in [0.15, 0.2) is 53.4 Å². The average molecular weight is 411 g/mol. The molecule has 0 fully saturated rings. The van der Waals surface area contributed by atoms with E-state index in [-0.39, 0.29) is 17.9 Å². The SMILES string of the molecule is Cc1ccc(NC(=O)COC(=O)CCNS(=O)(=O)c2ccccc2)c(Cl)c1. The quantitative estimate of drug-likeness (QED) is 0.651. The van der Waals surface area contributed by atoms with Gasteiger partial charge in [-0.1, -0.05) is 35.9 Å². The molecule has 2 aromatic rings. The van der Waals surface area contributed by atoms with Gasteiger partial charge in [-0.3, -0.25) is 9.59 Å². The van der Waals surface area contributed by atoms with Crippen molar-refractivity contribution in [3.8, 4) is 0 Å². The zero-order chi connectivity index (χ0) is 19.9. The van der Waals surface area contributed by atoms with Gasteiger partial charge in [-0.15, -0.1) is 0 Å². The van der Waals surface area contributed by atoms with E-state index >= 15 is 0 Å². The van der Waals surface area contributed by atoms with E-state index in [9.17, 15) is 18.0 Å². The minimum Gasteiger partial charge on any atom is -0.456 e. The van der Waals surface area contributed by atoms with Crippen LogP contribution in [-0.4, -0.2) is 33.4 Å². The molecule has 0 aliphatic rings. The van der Waals surface area contributed by atoms with Crippen molar-refractivity contribution in [2.75, 3.05) is 18.5 Å². The number of benzene rings is 2. The lowest BCUT2D eigenvalue weighted by Crippen LogP contribution is -2.28. The topological polar surface area (TPSA) is 102 Å². The molecule has 7 nitrogen and oxygen atoms in total. The van der Waals surface area contributed by atoms with E-state index in [1.807, 2.05) is 6.92 Å². The van der Waals surface area contributed by atoms with Crippen LogP contribution in [0.5, 0.6) is 0 Å². The molecule has 2 rings (SSSR count). The molecule has 0 saturated heterocycles. The summed E-state index contributed by atoms with van der Waals surface area (Å²) in [5.41, 5.74) is 1.36. The largest absolute Gasteiger partial charge is 0.456 e. The number of amides is 1. The van der Waals surface area contributed by atoms with Crippen LogP contribution in [0.2, 0.25) is 5.02 Å². The van der Waals surface area contributed by atoms with Crippen molar-refractivity contribution in [2.45, 2.75) is 18.2 Å². The second-order valence-electron chi connectivity index (χ2n) is 5.65. The lowest BCUT2D eigenvalue weighted by molar-refractivity contribution is -0.147. The Labute approximate surface area is 162 Å². The molecule has 0 aliphatic heterocycles. The number of halogens is 1. The van der Waals surface area contributed by atoms with Gasteiger partial charge in [0, 0.05) is 6.54 Å². The van der Waals surface area contributed by atoms with Crippen LogP contribution in [0.4, 0.5) is 5.69 Å². The molecular weight excluding hydrogens is 392 g/mol. The van der Waals surface area contributed by atoms with Gasteiger partial charge in [0.25, 0.3) is 5.91 Å². The molecule has 0 radical (unpaired) electrons. The van der Waals surface area contributed by atoms with Crippen LogP contribution in [0, 0.1) is 6.92 Å². The predicted molar refractivity (Wildman–Crippen MR) is 102 cm³/mol. The number of carbonyl (C=O) groups is 2. The Morgan fingerprint density at radius 3 is 2.48 bits per heavy atom. The molecule has 9 heteroatoms. The Bertz CT molecular complexity index is 917. The maximum absolute atomic E-state index is 12.0. The normalized spacial score (nSPS) is 11.0. The van der Waals surface area contributed by atoms with Crippen LogP contribution in [0.25, 0.3) is 0 Å². The molecule has 0 bridgehead atoms. The number of anilines is 1. The highest BCUT2D eigenvalue weighted by Gasteiger charge is 2.14. The Morgan fingerprint density at radius 1 is 1.11 bits per heavy atom. The van der Waals surface area contributed by atoms with Crippen molar-refractivity contribution in [1.82, 2.24) is 4.72 Å². The number of hydrogen-bond donors (Lipinski definition) is 2. The summed E-state index contributed by atoms with van der Waals surface area (Å²) >= 11 is 6.01. The molecule has 2 aromatic carbocycles. The third kappa shape index (κ3) is 6.67. The fraction of sp³-hybridized carbons (Fsp3) is 0.222. The third-order valence-corrected chi connectivity index (χ3v) is 5.23. The fourth-order valence-electron chi connectivity index (χ4n) is 2.10. The maximum atomic E-state index is 12.0. The predicted octanol–water partition coefficient (Wildman–Crippen LogP) is 2.50. The Hall–Kier alpha value is -2.42. The van der Waals surface area contributed by atoms with E-state index in [0.717, 1.165) is 5.56 Å². The van der Waals surface area contributed by atoms with Gasteiger partial charge in [-0.05, 0) is 36.8 Å². The first kappa shape index (κ1) is 20.9. The van der Waals surface area contributed by atoms with Gasteiger partial charge in [0.1, 0.15) is 0 Å². The fourth-order valence-corrected chi connectivity index (χ4v) is 3.43. The van der Waals surface area contributed by atoms with Gasteiger partial charge in [0.05, 0.1) is 22.0 Å². The van der Waals surface area contributed by atoms with Crippen LogP contribution in [0.1, 0.15) is 12.0 Å². The summed E-state index contributed by atoms with van der Waals surface area (Å²) in [5.74, 6) is -1.24.